The molecule has 0 amide bonds. The third-order valence-corrected chi connectivity index (χ3v) is 3.94. The molecule has 0 bridgehead atoms. The lowest BCUT2D eigenvalue weighted by Gasteiger charge is -2.23. The zero-order valence-corrected chi connectivity index (χ0v) is 9.97. The third kappa shape index (κ3) is 2.31. The van der Waals surface area contributed by atoms with Crippen LogP contribution < -0.4 is 0 Å². The molecule has 2 aliphatic rings. The van der Waals surface area contributed by atoms with Gasteiger partial charge in [0.25, 0.3) is 0 Å². The zero-order chi connectivity index (χ0) is 11.5. The lowest BCUT2D eigenvalue weighted by atomic mass is 9.97. The first-order chi connectivity index (χ1) is 7.76. The Morgan fingerprint density at radius 2 is 2.12 bits per heavy atom. The van der Waals surface area contributed by atoms with Crippen LogP contribution in [0.25, 0.3) is 0 Å². The molecule has 3 heteroatoms. The van der Waals surface area contributed by atoms with Gasteiger partial charge in [-0.05, 0) is 18.8 Å². The van der Waals surface area contributed by atoms with Crippen molar-refractivity contribution in [3.05, 3.63) is 12.7 Å². The number of aliphatic hydroxyl groups excluding tert-OH is 1. The number of methoxy groups -OCH3 is 1. The topological polar surface area (TPSA) is 38.7 Å². The summed E-state index contributed by atoms with van der Waals surface area (Å²) >= 11 is 0. The molecule has 1 aliphatic heterocycles. The second-order valence-corrected chi connectivity index (χ2v) is 4.92. The van der Waals surface area contributed by atoms with Crippen molar-refractivity contribution in [1.82, 2.24) is 0 Å². The molecule has 1 N–H and O–H groups in total. The molecule has 2 unspecified atom stereocenters. The van der Waals surface area contributed by atoms with E-state index in [0.29, 0.717) is 5.92 Å². The molecule has 92 valence electrons. The van der Waals surface area contributed by atoms with E-state index < -0.39 is 6.10 Å². The fourth-order valence-electron chi connectivity index (χ4n) is 3.01. The van der Waals surface area contributed by atoms with E-state index in [9.17, 15) is 5.11 Å². The van der Waals surface area contributed by atoms with Crippen LogP contribution in [0, 0.1) is 5.92 Å². The van der Waals surface area contributed by atoms with Crippen LogP contribution in [0.15, 0.2) is 12.7 Å². The Labute approximate surface area is 97.4 Å². The van der Waals surface area contributed by atoms with E-state index in [-0.39, 0.29) is 18.3 Å². The lowest BCUT2D eigenvalue weighted by molar-refractivity contribution is -0.0726. The average Bonchev–Trinajstić information content (AvgIpc) is 2.90. The maximum Gasteiger partial charge on any atom is 0.113 e. The van der Waals surface area contributed by atoms with Gasteiger partial charge in [-0.25, -0.2) is 0 Å². The van der Waals surface area contributed by atoms with Gasteiger partial charge in [0.15, 0.2) is 0 Å². The van der Waals surface area contributed by atoms with Gasteiger partial charge < -0.3 is 14.6 Å². The molecule has 1 saturated heterocycles. The molecule has 1 heterocycles. The van der Waals surface area contributed by atoms with Gasteiger partial charge in [0.05, 0.1) is 12.2 Å². The number of ether oxygens (including phenoxy) is 2. The Kier molecular flexibility index (Phi) is 4.00. The number of hydrogen-bond acceptors (Lipinski definition) is 3. The van der Waals surface area contributed by atoms with Gasteiger partial charge in [-0.1, -0.05) is 18.9 Å². The molecular formula is C13H22O3. The summed E-state index contributed by atoms with van der Waals surface area (Å²) in [5, 5.41) is 10.00. The molecule has 1 aliphatic carbocycles. The molecule has 2 fully saturated rings. The van der Waals surface area contributed by atoms with Gasteiger partial charge in [-0.2, -0.15) is 0 Å². The van der Waals surface area contributed by atoms with Gasteiger partial charge in [-0.15, -0.1) is 6.58 Å². The molecular weight excluding hydrogens is 204 g/mol. The van der Waals surface area contributed by atoms with Gasteiger partial charge >= 0.3 is 0 Å². The zero-order valence-electron chi connectivity index (χ0n) is 9.97. The van der Waals surface area contributed by atoms with E-state index in [4.69, 9.17) is 9.47 Å². The van der Waals surface area contributed by atoms with Crippen LogP contribution in [-0.2, 0) is 9.47 Å². The van der Waals surface area contributed by atoms with Crippen molar-refractivity contribution in [2.45, 2.75) is 56.5 Å². The predicted octanol–water partition coefficient (Wildman–Crippen LogP) is 1.90. The Morgan fingerprint density at radius 1 is 1.44 bits per heavy atom. The quantitative estimate of drug-likeness (QED) is 0.744. The highest BCUT2D eigenvalue weighted by Crippen LogP contribution is 2.37. The molecule has 4 atom stereocenters. The molecule has 0 aromatic carbocycles. The Bertz CT molecular complexity index is 235. The van der Waals surface area contributed by atoms with Crippen molar-refractivity contribution in [2.24, 2.45) is 5.92 Å². The average molecular weight is 226 g/mol. The molecule has 1 saturated carbocycles. The van der Waals surface area contributed by atoms with Crippen LogP contribution in [0.2, 0.25) is 0 Å². The van der Waals surface area contributed by atoms with Crippen molar-refractivity contribution in [3.8, 4) is 0 Å². The van der Waals surface area contributed by atoms with Crippen LogP contribution in [-0.4, -0.2) is 36.6 Å². The molecule has 0 spiro atoms. The van der Waals surface area contributed by atoms with Gasteiger partial charge in [0.2, 0.25) is 0 Å². The van der Waals surface area contributed by atoms with Crippen molar-refractivity contribution in [3.63, 3.8) is 0 Å². The van der Waals surface area contributed by atoms with Crippen LogP contribution in [0.3, 0.4) is 0 Å². The van der Waals surface area contributed by atoms with E-state index >= 15 is 0 Å². The van der Waals surface area contributed by atoms with Crippen LogP contribution in [0.1, 0.15) is 32.1 Å². The summed E-state index contributed by atoms with van der Waals surface area (Å²) in [5.74, 6) is 0.641. The van der Waals surface area contributed by atoms with Crippen LogP contribution in [0.4, 0.5) is 0 Å². The molecule has 2 rings (SSSR count). The summed E-state index contributed by atoms with van der Waals surface area (Å²) in [6.07, 6.45) is 6.96. The highest BCUT2D eigenvalue weighted by Gasteiger charge is 2.41. The first kappa shape index (κ1) is 12.1. The fraction of sp³-hybridized carbons (Fsp3) is 0.846. The van der Waals surface area contributed by atoms with Gasteiger partial charge in [-0.3, -0.25) is 0 Å². The molecule has 0 radical (unpaired) electrons. The summed E-state index contributed by atoms with van der Waals surface area (Å²) in [5.41, 5.74) is 0. The summed E-state index contributed by atoms with van der Waals surface area (Å²) in [7, 11) is 1.63. The minimum absolute atomic E-state index is 0.193. The molecule has 0 aromatic rings. The Morgan fingerprint density at radius 3 is 2.69 bits per heavy atom. The smallest absolute Gasteiger partial charge is 0.113 e. The van der Waals surface area contributed by atoms with Crippen molar-refractivity contribution in [2.75, 3.05) is 7.11 Å². The second kappa shape index (κ2) is 5.30. The predicted molar refractivity (Wildman–Crippen MR) is 62.2 cm³/mol. The standard InChI is InChI=1S/C13H22O3/c1-3-11(15-2)13-10(14)8-12(16-13)9-6-4-5-7-9/h3,9-14H,1,4-8H2,2H3/t10-,11?,12-,13?/m1/s1. The lowest BCUT2D eigenvalue weighted by Crippen LogP contribution is -2.34. The highest BCUT2D eigenvalue weighted by molar-refractivity contribution is 4.97. The second-order valence-electron chi connectivity index (χ2n) is 4.92. The summed E-state index contributed by atoms with van der Waals surface area (Å²) < 4.78 is 11.2. The van der Waals surface area contributed by atoms with E-state index in [0.717, 1.165) is 6.42 Å². The van der Waals surface area contributed by atoms with E-state index in [2.05, 4.69) is 6.58 Å². The molecule has 16 heavy (non-hydrogen) atoms. The van der Waals surface area contributed by atoms with Gasteiger partial charge in [0.1, 0.15) is 12.2 Å². The Balaban J connectivity index is 1.94. The highest BCUT2D eigenvalue weighted by atomic mass is 16.6. The normalized spacial score (nSPS) is 37.8. The van der Waals surface area contributed by atoms with E-state index in [1.807, 2.05) is 0 Å². The summed E-state index contributed by atoms with van der Waals surface area (Å²) in [4.78, 5) is 0. The van der Waals surface area contributed by atoms with Gasteiger partial charge in [0, 0.05) is 13.5 Å². The maximum atomic E-state index is 10.00. The summed E-state index contributed by atoms with van der Waals surface area (Å²) in [6, 6.07) is 0. The largest absolute Gasteiger partial charge is 0.390 e. The monoisotopic (exact) mass is 226 g/mol. The Hall–Kier alpha value is -0.380. The first-order valence-corrected chi connectivity index (χ1v) is 6.25. The van der Waals surface area contributed by atoms with Crippen molar-refractivity contribution in [1.29, 1.82) is 0 Å². The number of aliphatic hydroxyl groups is 1. The SMILES string of the molecule is C=CC(OC)C1O[C@@H](C2CCCC2)C[C@H]1O. The number of hydrogen-bond donors (Lipinski definition) is 1. The summed E-state index contributed by atoms with van der Waals surface area (Å²) in [6.45, 7) is 3.72. The maximum absolute atomic E-state index is 10.00. The van der Waals surface area contributed by atoms with Crippen molar-refractivity contribution >= 4 is 0 Å². The molecule has 3 nitrogen and oxygen atoms in total. The number of rotatable bonds is 4. The first-order valence-electron chi connectivity index (χ1n) is 6.25. The fourth-order valence-corrected chi connectivity index (χ4v) is 3.01. The van der Waals surface area contributed by atoms with E-state index in [1.165, 1.54) is 25.7 Å². The van der Waals surface area contributed by atoms with Crippen molar-refractivity contribution < 1.29 is 14.6 Å². The minimum atomic E-state index is -0.409. The van der Waals surface area contributed by atoms with Crippen LogP contribution in [0.5, 0.6) is 0 Å². The van der Waals surface area contributed by atoms with E-state index in [1.54, 1.807) is 13.2 Å². The molecule has 0 aromatic heterocycles. The van der Waals surface area contributed by atoms with Crippen LogP contribution >= 0.6 is 0 Å². The minimum Gasteiger partial charge on any atom is -0.390 e. The third-order valence-electron chi connectivity index (χ3n) is 3.94.